The van der Waals surface area contributed by atoms with Gasteiger partial charge in [0.15, 0.2) is 0 Å². The number of ether oxygens (including phenoxy) is 1. The van der Waals surface area contributed by atoms with Crippen LogP contribution in [-0.4, -0.2) is 34.8 Å². The topological polar surface area (TPSA) is 52.0 Å². The number of benzene rings is 1. The molecular formula is C15H22N4O. The van der Waals surface area contributed by atoms with Crippen molar-refractivity contribution in [2.75, 3.05) is 19.8 Å². The Balaban J connectivity index is 1.69. The van der Waals surface area contributed by atoms with E-state index in [0.29, 0.717) is 0 Å². The second-order valence-corrected chi connectivity index (χ2v) is 4.60. The molecule has 0 unspecified atom stereocenters. The zero-order valence-electron chi connectivity index (χ0n) is 12.0. The van der Waals surface area contributed by atoms with Gasteiger partial charge in [0, 0.05) is 19.8 Å². The average molecular weight is 274 g/mol. The SMILES string of the molecule is CCCOCCCNCc1cnn(-c2ccccc2)n1. The minimum atomic E-state index is 0.737. The van der Waals surface area contributed by atoms with Crippen molar-refractivity contribution in [1.82, 2.24) is 20.3 Å². The van der Waals surface area contributed by atoms with E-state index >= 15 is 0 Å². The highest BCUT2D eigenvalue weighted by Gasteiger charge is 2.01. The third-order valence-electron chi connectivity index (χ3n) is 2.82. The Labute approximate surface area is 120 Å². The summed E-state index contributed by atoms with van der Waals surface area (Å²) in [6.07, 6.45) is 3.90. The molecule has 1 heterocycles. The van der Waals surface area contributed by atoms with Crippen LogP contribution in [0.3, 0.4) is 0 Å². The van der Waals surface area contributed by atoms with Crippen molar-refractivity contribution in [1.29, 1.82) is 0 Å². The lowest BCUT2D eigenvalue weighted by molar-refractivity contribution is 0.132. The van der Waals surface area contributed by atoms with Crippen molar-refractivity contribution in [3.05, 3.63) is 42.2 Å². The second kappa shape index (κ2) is 8.45. The number of hydrogen-bond donors (Lipinski definition) is 1. The Hall–Kier alpha value is -1.72. The minimum Gasteiger partial charge on any atom is -0.381 e. The first kappa shape index (κ1) is 14.7. The molecular weight excluding hydrogens is 252 g/mol. The second-order valence-electron chi connectivity index (χ2n) is 4.60. The smallest absolute Gasteiger partial charge is 0.0969 e. The van der Waals surface area contributed by atoms with Crippen molar-refractivity contribution in [3.8, 4) is 5.69 Å². The van der Waals surface area contributed by atoms with Crippen LogP contribution in [0.5, 0.6) is 0 Å². The van der Waals surface area contributed by atoms with E-state index in [2.05, 4.69) is 22.4 Å². The molecule has 2 aromatic rings. The van der Waals surface area contributed by atoms with E-state index in [1.54, 1.807) is 11.0 Å². The highest BCUT2D eigenvalue weighted by Crippen LogP contribution is 2.03. The molecule has 0 fully saturated rings. The van der Waals surface area contributed by atoms with Gasteiger partial charge in [0.2, 0.25) is 0 Å². The third-order valence-corrected chi connectivity index (χ3v) is 2.82. The molecule has 2 rings (SSSR count). The summed E-state index contributed by atoms with van der Waals surface area (Å²) in [5.41, 5.74) is 1.93. The molecule has 0 aliphatic heterocycles. The van der Waals surface area contributed by atoms with Crippen molar-refractivity contribution in [3.63, 3.8) is 0 Å². The van der Waals surface area contributed by atoms with Crippen LogP contribution < -0.4 is 5.32 Å². The van der Waals surface area contributed by atoms with Gasteiger partial charge in [-0.3, -0.25) is 0 Å². The van der Waals surface area contributed by atoms with E-state index in [4.69, 9.17) is 4.74 Å². The Morgan fingerprint density at radius 3 is 2.85 bits per heavy atom. The zero-order chi connectivity index (χ0) is 14.0. The van der Waals surface area contributed by atoms with Gasteiger partial charge in [0.05, 0.1) is 17.6 Å². The van der Waals surface area contributed by atoms with E-state index in [-0.39, 0.29) is 0 Å². The molecule has 0 bridgehead atoms. The highest BCUT2D eigenvalue weighted by molar-refractivity contribution is 5.28. The monoisotopic (exact) mass is 274 g/mol. The predicted molar refractivity (Wildman–Crippen MR) is 78.8 cm³/mol. The van der Waals surface area contributed by atoms with E-state index < -0.39 is 0 Å². The van der Waals surface area contributed by atoms with Gasteiger partial charge in [-0.25, -0.2) is 0 Å². The Kier molecular flexibility index (Phi) is 6.20. The van der Waals surface area contributed by atoms with Crippen molar-refractivity contribution in [2.45, 2.75) is 26.3 Å². The quantitative estimate of drug-likeness (QED) is 0.712. The maximum absolute atomic E-state index is 5.42. The standard InChI is InChI=1S/C15H22N4O/c1-2-10-20-11-6-9-16-12-14-13-17-19(18-14)15-7-4-3-5-8-15/h3-5,7-8,13,16H,2,6,9-12H2,1H3. The lowest BCUT2D eigenvalue weighted by Gasteiger charge is -2.03. The van der Waals surface area contributed by atoms with Gasteiger partial charge in [-0.15, -0.1) is 0 Å². The van der Waals surface area contributed by atoms with Crippen LogP contribution in [0.25, 0.3) is 5.69 Å². The van der Waals surface area contributed by atoms with Gasteiger partial charge >= 0.3 is 0 Å². The molecule has 0 spiro atoms. The largest absolute Gasteiger partial charge is 0.381 e. The number of aromatic nitrogens is 3. The fourth-order valence-electron chi connectivity index (χ4n) is 1.82. The molecule has 1 aromatic carbocycles. The van der Waals surface area contributed by atoms with Crippen molar-refractivity contribution in [2.24, 2.45) is 0 Å². The maximum Gasteiger partial charge on any atom is 0.0969 e. The molecule has 0 saturated carbocycles. The predicted octanol–water partition coefficient (Wildman–Crippen LogP) is 2.17. The van der Waals surface area contributed by atoms with Gasteiger partial charge in [0.25, 0.3) is 0 Å². The van der Waals surface area contributed by atoms with Crippen LogP contribution in [-0.2, 0) is 11.3 Å². The van der Waals surface area contributed by atoms with Crippen molar-refractivity contribution >= 4 is 0 Å². The molecule has 108 valence electrons. The summed E-state index contributed by atoms with van der Waals surface area (Å²) in [4.78, 5) is 1.65. The number of nitrogens with one attached hydrogen (secondary N) is 1. The van der Waals surface area contributed by atoms with Gasteiger partial charge in [0.1, 0.15) is 0 Å². The minimum absolute atomic E-state index is 0.737. The number of para-hydroxylation sites is 1. The van der Waals surface area contributed by atoms with Gasteiger partial charge in [-0.2, -0.15) is 15.0 Å². The van der Waals surface area contributed by atoms with Crippen LogP contribution >= 0.6 is 0 Å². The number of hydrogen-bond acceptors (Lipinski definition) is 4. The highest BCUT2D eigenvalue weighted by atomic mass is 16.5. The van der Waals surface area contributed by atoms with Gasteiger partial charge in [-0.1, -0.05) is 25.1 Å². The van der Waals surface area contributed by atoms with Crippen molar-refractivity contribution < 1.29 is 4.74 Å². The fraction of sp³-hybridized carbons (Fsp3) is 0.467. The van der Waals surface area contributed by atoms with Crippen LogP contribution in [0.4, 0.5) is 0 Å². The van der Waals surface area contributed by atoms with Gasteiger partial charge < -0.3 is 10.1 Å². The summed E-state index contributed by atoms with van der Waals surface area (Å²) >= 11 is 0. The Morgan fingerprint density at radius 1 is 1.20 bits per heavy atom. The molecule has 5 nitrogen and oxygen atoms in total. The summed E-state index contributed by atoms with van der Waals surface area (Å²) in [7, 11) is 0. The first-order valence-corrected chi connectivity index (χ1v) is 7.15. The Bertz CT molecular complexity index is 484. The molecule has 0 saturated heterocycles. The summed E-state index contributed by atoms with van der Waals surface area (Å²) in [6, 6.07) is 9.92. The van der Waals surface area contributed by atoms with Crippen LogP contribution in [0.2, 0.25) is 0 Å². The zero-order valence-corrected chi connectivity index (χ0v) is 12.0. The van der Waals surface area contributed by atoms with Crippen LogP contribution in [0.15, 0.2) is 36.5 Å². The lowest BCUT2D eigenvalue weighted by Crippen LogP contribution is -2.17. The maximum atomic E-state index is 5.42. The number of rotatable bonds is 9. The first-order chi connectivity index (χ1) is 9.90. The average Bonchev–Trinajstić information content (AvgIpc) is 2.96. The number of nitrogens with zero attached hydrogens (tertiary/aromatic N) is 3. The molecule has 0 radical (unpaired) electrons. The molecule has 1 aromatic heterocycles. The lowest BCUT2D eigenvalue weighted by atomic mass is 10.3. The summed E-state index contributed by atoms with van der Waals surface area (Å²) in [5, 5.41) is 12.1. The molecule has 5 heteroatoms. The van der Waals surface area contributed by atoms with Crippen LogP contribution in [0, 0.1) is 0 Å². The first-order valence-electron chi connectivity index (χ1n) is 7.15. The molecule has 1 N–H and O–H groups in total. The molecule has 20 heavy (non-hydrogen) atoms. The summed E-state index contributed by atoms with van der Waals surface area (Å²) in [5.74, 6) is 0. The normalized spacial score (nSPS) is 10.8. The molecule has 0 atom stereocenters. The van der Waals surface area contributed by atoms with Gasteiger partial charge in [-0.05, 0) is 31.5 Å². The molecule has 0 aliphatic carbocycles. The van der Waals surface area contributed by atoms with E-state index in [1.807, 2.05) is 30.3 Å². The Morgan fingerprint density at radius 2 is 2.05 bits per heavy atom. The summed E-state index contributed by atoms with van der Waals surface area (Å²) < 4.78 is 5.42. The molecule has 0 amide bonds. The fourth-order valence-corrected chi connectivity index (χ4v) is 1.82. The summed E-state index contributed by atoms with van der Waals surface area (Å²) in [6.45, 7) is 5.46. The van der Waals surface area contributed by atoms with E-state index in [0.717, 1.165) is 50.5 Å². The van der Waals surface area contributed by atoms with E-state index in [1.165, 1.54) is 0 Å². The third kappa shape index (κ3) is 4.75. The van der Waals surface area contributed by atoms with Crippen LogP contribution in [0.1, 0.15) is 25.5 Å². The van der Waals surface area contributed by atoms with E-state index in [9.17, 15) is 0 Å². The molecule has 0 aliphatic rings.